The quantitative estimate of drug-likeness (QED) is 0.705. The lowest BCUT2D eigenvalue weighted by Crippen LogP contribution is -1.97. The molecule has 0 unspecified atom stereocenters. The fraction of sp³-hybridized carbons (Fsp3) is 0.214. The van der Waals surface area contributed by atoms with Crippen LogP contribution in [-0.2, 0) is 0 Å². The third-order valence-corrected chi connectivity index (χ3v) is 2.63. The molecule has 1 nitrogen and oxygen atoms in total. The van der Waals surface area contributed by atoms with Crippen molar-refractivity contribution in [1.82, 2.24) is 0 Å². The third kappa shape index (κ3) is 2.30. The maximum absolute atomic E-state index is 5.82. The van der Waals surface area contributed by atoms with E-state index in [9.17, 15) is 0 Å². The predicted molar refractivity (Wildman–Crippen MR) is 62.7 cm³/mol. The average molecular weight is 199 g/mol. The zero-order valence-corrected chi connectivity index (χ0v) is 9.16. The van der Waals surface area contributed by atoms with Crippen LogP contribution < -0.4 is 4.74 Å². The van der Waals surface area contributed by atoms with Gasteiger partial charge in [0.15, 0.2) is 0 Å². The van der Waals surface area contributed by atoms with Gasteiger partial charge in [0, 0.05) is 0 Å². The Bertz CT molecular complexity index is 413. The highest BCUT2D eigenvalue weighted by Gasteiger charge is 2.04. The zero-order chi connectivity index (χ0) is 10.7. The van der Waals surface area contributed by atoms with E-state index in [4.69, 9.17) is 4.74 Å². The van der Waals surface area contributed by atoms with E-state index in [1.54, 1.807) is 0 Å². The first-order valence-electron chi connectivity index (χ1n) is 5.21. The molecule has 1 aromatic rings. The van der Waals surface area contributed by atoms with Crippen LogP contribution in [0.25, 0.3) is 0 Å². The number of rotatable bonds is 2. The Kier molecular flexibility index (Phi) is 2.91. The summed E-state index contributed by atoms with van der Waals surface area (Å²) in [6, 6.07) is 6.13. The number of aryl methyl sites for hydroxylation is 1. The van der Waals surface area contributed by atoms with Crippen LogP contribution in [0, 0.1) is 20.3 Å². The molecule has 0 bridgehead atoms. The van der Waals surface area contributed by atoms with Crippen molar-refractivity contribution in [3.63, 3.8) is 0 Å². The average Bonchev–Trinajstić information content (AvgIpc) is 2.26. The van der Waals surface area contributed by atoms with Gasteiger partial charge in [0.05, 0.1) is 0 Å². The molecule has 0 N–H and O–H groups in total. The molecule has 15 heavy (non-hydrogen) atoms. The number of hydrogen-bond donors (Lipinski definition) is 0. The first-order chi connectivity index (χ1) is 7.27. The van der Waals surface area contributed by atoms with Gasteiger partial charge >= 0.3 is 0 Å². The second kappa shape index (κ2) is 4.35. The molecule has 2 rings (SSSR count). The highest BCUT2D eigenvalue weighted by molar-refractivity contribution is 5.40. The fourth-order valence-corrected chi connectivity index (χ4v) is 1.53. The van der Waals surface area contributed by atoms with E-state index < -0.39 is 0 Å². The monoisotopic (exact) mass is 199 g/mol. The van der Waals surface area contributed by atoms with Gasteiger partial charge in [-0.2, -0.15) is 0 Å². The first-order valence-corrected chi connectivity index (χ1v) is 5.21. The van der Waals surface area contributed by atoms with Gasteiger partial charge in [0.25, 0.3) is 0 Å². The molecule has 77 valence electrons. The van der Waals surface area contributed by atoms with Gasteiger partial charge in [-0.25, -0.2) is 0 Å². The van der Waals surface area contributed by atoms with E-state index in [1.807, 2.05) is 24.3 Å². The molecule has 1 aromatic carbocycles. The number of allylic oxidation sites excluding steroid dienone is 3. The molecule has 0 aliphatic heterocycles. The SMILES string of the molecule is Cc1cccc(OC2=CC[CH]C=C2)c1C. The van der Waals surface area contributed by atoms with Gasteiger partial charge in [-0.15, -0.1) is 0 Å². The van der Waals surface area contributed by atoms with Crippen molar-refractivity contribution >= 4 is 0 Å². The highest BCUT2D eigenvalue weighted by atomic mass is 16.5. The minimum Gasteiger partial charge on any atom is -0.457 e. The largest absolute Gasteiger partial charge is 0.457 e. The Morgan fingerprint density at radius 2 is 2.07 bits per heavy atom. The summed E-state index contributed by atoms with van der Waals surface area (Å²) >= 11 is 0. The lowest BCUT2D eigenvalue weighted by Gasteiger charge is -2.12. The molecule has 0 saturated heterocycles. The summed E-state index contributed by atoms with van der Waals surface area (Å²) in [4.78, 5) is 0. The summed E-state index contributed by atoms with van der Waals surface area (Å²) in [5.74, 6) is 1.89. The van der Waals surface area contributed by atoms with E-state index >= 15 is 0 Å². The predicted octanol–water partition coefficient (Wildman–Crippen LogP) is 3.73. The number of ether oxygens (including phenoxy) is 1. The van der Waals surface area contributed by atoms with Crippen molar-refractivity contribution in [1.29, 1.82) is 0 Å². The Balaban J connectivity index is 2.20. The van der Waals surface area contributed by atoms with Gasteiger partial charge in [-0.3, -0.25) is 0 Å². The number of benzene rings is 1. The summed E-state index contributed by atoms with van der Waals surface area (Å²) in [7, 11) is 0. The lowest BCUT2D eigenvalue weighted by molar-refractivity contribution is 0.437. The smallest absolute Gasteiger partial charge is 0.130 e. The fourth-order valence-electron chi connectivity index (χ4n) is 1.53. The van der Waals surface area contributed by atoms with Crippen LogP contribution >= 0.6 is 0 Å². The molecule has 0 saturated carbocycles. The molecule has 1 aliphatic carbocycles. The van der Waals surface area contributed by atoms with E-state index in [0.717, 1.165) is 17.9 Å². The topological polar surface area (TPSA) is 9.23 Å². The van der Waals surface area contributed by atoms with Crippen molar-refractivity contribution in [3.8, 4) is 5.75 Å². The molecule has 1 radical (unpaired) electrons. The molecular weight excluding hydrogens is 184 g/mol. The zero-order valence-electron chi connectivity index (χ0n) is 9.16. The maximum atomic E-state index is 5.82. The third-order valence-electron chi connectivity index (χ3n) is 2.63. The van der Waals surface area contributed by atoms with Crippen LogP contribution in [0.15, 0.2) is 42.2 Å². The molecule has 0 fully saturated rings. The minimum atomic E-state index is 0.936. The Labute approximate surface area is 91.1 Å². The van der Waals surface area contributed by atoms with E-state index in [2.05, 4.69) is 32.4 Å². The highest BCUT2D eigenvalue weighted by Crippen LogP contribution is 2.24. The molecule has 0 heterocycles. The Hall–Kier alpha value is -1.50. The molecular formula is C14H15O. The summed E-state index contributed by atoms with van der Waals surface area (Å²) in [6.07, 6.45) is 9.17. The number of hydrogen-bond acceptors (Lipinski definition) is 1. The van der Waals surface area contributed by atoms with Gasteiger partial charge in [0.1, 0.15) is 11.5 Å². The second-order valence-corrected chi connectivity index (χ2v) is 3.74. The summed E-state index contributed by atoms with van der Waals surface area (Å²) in [6.45, 7) is 4.19. The van der Waals surface area contributed by atoms with Gasteiger partial charge in [-0.05, 0) is 56.0 Å². The summed E-state index contributed by atoms with van der Waals surface area (Å²) < 4.78 is 5.82. The Morgan fingerprint density at radius 3 is 2.80 bits per heavy atom. The van der Waals surface area contributed by atoms with Crippen LogP contribution in [0.3, 0.4) is 0 Å². The lowest BCUT2D eigenvalue weighted by atomic mass is 10.1. The van der Waals surface area contributed by atoms with Crippen molar-refractivity contribution in [2.75, 3.05) is 0 Å². The van der Waals surface area contributed by atoms with Crippen molar-refractivity contribution in [3.05, 3.63) is 59.7 Å². The Morgan fingerprint density at radius 1 is 1.20 bits per heavy atom. The van der Waals surface area contributed by atoms with Crippen LogP contribution in [-0.4, -0.2) is 0 Å². The van der Waals surface area contributed by atoms with Crippen LogP contribution in [0.2, 0.25) is 0 Å². The second-order valence-electron chi connectivity index (χ2n) is 3.74. The van der Waals surface area contributed by atoms with Crippen molar-refractivity contribution in [2.24, 2.45) is 0 Å². The van der Waals surface area contributed by atoms with Gasteiger partial charge in [0.2, 0.25) is 0 Å². The summed E-state index contributed by atoms with van der Waals surface area (Å²) in [5.41, 5.74) is 2.47. The van der Waals surface area contributed by atoms with Crippen LogP contribution in [0.4, 0.5) is 0 Å². The molecule has 0 atom stereocenters. The van der Waals surface area contributed by atoms with Crippen molar-refractivity contribution < 1.29 is 4.74 Å². The minimum absolute atomic E-state index is 0.936. The van der Waals surface area contributed by atoms with Crippen LogP contribution in [0.5, 0.6) is 5.75 Å². The molecule has 0 amide bonds. The molecule has 0 aromatic heterocycles. The van der Waals surface area contributed by atoms with Gasteiger partial charge < -0.3 is 4.74 Å². The van der Waals surface area contributed by atoms with E-state index in [1.165, 1.54) is 11.1 Å². The molecule has 0 spiro atoms. The van der Waals surface area contributed by atoms with Crippen LogP contribution in [0.1, 0.15) is 17.5 Å². The standard InChI is InChI=1S/C14H15O/c1-11-7-6-10-14(12(11)2)15-13-8-4-3-5-9-13/h3-4,6-10H,5H2,1-2H3. The normalized spacial score (nSPS) is 14.9. The van der Waals surface area contributed by atoms with E-state index in [-0.39, 0.29) is 0 Å². The maximum Gasteiger partial charge on any atom is 0.130 e. The van der Waals surface area contributed by atoms with E-state index in [0.29, 0.717) is 0 Å². The molecule has 1 heteroatoms. The van der Waals surface area contributed by atoms with Gasteiger partial charge in [-0.1, -0.05) is 18.2 Å². The van der Waals surface area contributed by atoms with Crippen molar-refractivity contribution in [2.45, 2.75) is 20.3 Å². The first kappa shape index (κ1) is 10.0. The molecule has 1 aliphatic rings. The summed E-state index contributed by atoms with van der Waals surface area (Å²) in [5, 5.41) is 0.